The minimum Gasteiger partial charge on any atom is -0.349 e. The van der Waals surface area contributed by atoms with Gasteiger partial charge in [0.2, 0.25) is 0 Å². The number of benzene rings is 1. The quantitative estimate of drug-likeness (QED) is 0.851. The summed E-state index contributed by atoms with van der Waals surface area (Å²) in [5.74, 6) is 0.757. The molecule has 0 saturated heterocycles. The molecule has 1 heterocycles. The fraction of sp³-hybridized carbons (Fsp3) is 0.308. The highest BCUT2D eigenvalue weighted by Crippen LogP contribution is 2.19. The molecule has 0 aliphatic heterocycles. The van der Waals surface area contributed by atoms with Gasteiger partial charge in [0.1, 0.15) is 11.6 Å². The van der Waals surface area contributed by atoms with E-state index in [0.29, 0.717) is 5.56 Å². The Hall–Kier alpha value is -1.68. The predicted molar refractivity (Wildman–Crippen MR) is 65.2 cm³/mol. The van der Waals surface area contributed by atoms with Gasteiger partial charge in [0.05, 0.1) is 0 Å². The summed E-state index contributed by atoms with van der Waals surface area (Å²) in [6, 6.07) is 5.34. The lowest BCUT2D eigenvalue weighted by Crippen LogP contribution is -2.19. The van der Waals surface area contributed by atoms with E-state index in [1.807, 2.05) is 19.2 Å². The fourth-order valence-electron chi connectivity index (χ4n) is 1.87. The first-order valence-electron chi connectivity index (χ1n) is 5.62. The second-order valence-electron chi connectivity index (χ2n) is 4.09. The molecule has 0 bridgehead atoms. The van der Waals surface area contributed by atoms with Crippen LogP contribution in [0, 0.1) is 12.7 Å². The van der Waals surface area contributed by atoms with E-state index < -0.39 is 0 Å². The maximum absolute atomic E-state index is 13.2. The van der Waals surface area contributed by atoms with Gasteiger partial charge in [-0.2, -0.15) is 0 Å². The molecular weight excluding hydrogens is 217 g/mol. The fourth-order valence-corrected chi connectivity index (χ4v) is 1.87. The summed E-state index contributed by atoms with van der Waals surface area (Å²) in [6.07, 6.45) is 4.30. The van der Waals surface area contributed by atoms with E-state index in [9.17, 15) is 4.39 Å². The molecule has 17 heavy (non-hydrogen) atoms. The van der Waals surface area contributed by atoms with Gasteiger partial charge >= 0.3 is 0 Å². The van der Waals surface area contributed by atoms with Crippen LogP contribution in [0.2, 0.25) is 0 Å². The van der Waals surface area contributed by atoms with E-state index in [2.05, 4.69) is 15.3 Å². The van der Waals surface area contributed by atoms with Gasteiger partial charge in [-0.15, -0.1) is 0 Å². The highest BCUT2D eigenvalue weighted by molar-refractivity contribution is 5.27. The Balaban J connectivity index is 2.20. The van der Waals surface area contributed by atoms with Crippen LogP contribution in [0.25, 0.3) is 0 Å². The van der Waals surface area contributed by atoms with Crippen molar-refractivity contribution in [1.29, 1.82) is 0 Å². The van der Waals surface area contributed by atoms with Gasteiger partial charge in [0, 0.05) is 24.9 Å². The molecule has 0 fully saturated rings. The Morgan fingerprint density at radius 1 is 1.47 bits per heavy atom. The molecular formula is C13H16FN3. The summed E-state index contributed by atoms with van der Waals surface area (Å²) >= 11 is 0. The Morgan fingerprint density at radius 2 is 2.29 bits per heavy atom. The van der Waals surface area contributed by atoms with Crippen LogP contribution in [-0.2, 0) is 6.42 Å². The van der Waals surface area contributed by atoms with Gasteiger partial charge in [0.15, 0.2) is 0 Å². The van der Waals surface area contributed by atoms with E-state index in [4.69, 9.17) is 0 Å². The zero-order valence-electron chi connectivity index (χ0n) is 10.00. The van der Waals surface area contributed by atoms with Crippen molar-refractivity contribution in [2.24, 2.45) is 0 Å². The number of nitrogens with zero attached hydrogens (tertiary/aromatic N) is 1. The van der Waals surface area contributed by atoms with Gasteiger partial charge in [0.25, 0.3) is 0 Å². The molecule has 1 aromatic heterocycles. The third-order valence-corrected chi connectivity index (χ3v) is 2.89. The normalized spacial score (nSPS) is 12.6. The van der Waals surface area contributed by atoms with E-state index in [1.54, 1.807) is 19.3 Å². The summed E-state index contributed by atoms with van der Waals surface area (Å²) in [7, 11) is 1.90. The van der Waals surface area contributed by atoms with E-state index >= 15 is 0 Å². The second-order valence-corrected chi connectivity index (χ2v) is 4.09. The number of H-pyrrole nitrogens is 1. The minimum absolute atomic E-state index is 0.139. The zero-order valence-corrected chi connectivity index (χ0v) is 10.00. The molecule has 2 rings (SSSR count). The molecule has 0 aliphatic carbocycles. The van der Waals surface area contributed by atoms with Crippen molar-refractivity contribution >= 4 is 0 Å². The van der Waals surface area contributed by atoms with Crippen LogP contribution in [0.15, 0.2) is 30.6 Å². The Bertz CT molecular complexity index is 479. The van der Waals surface area contributed by atoms with Crippen LogP contribution in [0.5, 0.6) is 0 Å². The van der Waals surface area contributed by atoms with E-state index in [0.717, 1.165) is 17.8 Å². The zero-order chi connectivity index (χ0) is 12.3. The van der Waals surface area contributed by atoms with Crippen molar-refractivity contribution < 1.29 is 4.39 Å². The Morgan fingerprint density at radius 3 is 2.88 bits per heavy atom. The van der Waals surface area contributed by atoms with Gasteiger partial charge < -0.3 is 10.3 Å². The second kappa shape index (κ2) is 5.10. The van der Waals surface area contributed by atoms with E-state index in [-0.39, 0.29) is 11.9 Å². The van der Waals surface area contributed by atoms with Gasteiger partial charge in [-0.3, -0.25) is 0 Å². The maximum Gasteiger partial charge on any atom is 0.126 e. The van der Waals surface area contributed by atoms with Crippen molar-refractivity contribution in [2.45, 2.75) is 19.4 Å². The number of imidazole rings is 1. The van der Waals surface area contributed by atoms with E-state index in [1.165, 1.54) is 6.07 Å². The minimum atomic E-state index is -0.165. The lowest BCUT2D eigenvalue weighted by molar-refractivity contribution is 0.571. The van der Waals surface area contributed by atoms with Crippen LogP contribution in [-0.4, -0.2) is 17.0 Å². The van der Waals surface area contributed by atoms with Crippen molar-refractivity contribution in [2.75, 3.05) is 7.05 Å². The first kappa shape index (κ1) is 11.8. The lowest BCUT2D eigenvalue weighted by atomic mass is 10.0. The molecule has 0 spiro atoms. The first-order valence-corrected chi connectivity index (χ1v) is 5.62. The number of rotatable bonds is 4. The summed E-state index contributed by atoms with van der Waals surface area (Å²) in [4.78, 5) is 7.27. The first-order chi connectivity index (χ1) is 8.20. The SMILES string of the molecule is CNC(Cc1ncc[nH]1)c1ccc(F)c(C)c1. The molecule has 3 nitrogen and oxygen atoms in total. The third-order valence-electron chi connectivity index (χ3n) is 2.89. The molecule has 90 valence electrons. The smallest absolute Gasteiger partial charge is 0.126 e. The number of aromatic nitrogens is 2. The molecule has 0 saturated carbocycles. The Kier molecular flexibility index (Phi) is 3.54. The summed E-state index contributed by atoms with van der Waals surface area (Å²) in [5, 5.41) is 3.22. The number of likely N-dealkylation sites (N-methyl/N-ethyl adjacent to an activating group) is 1. The monoisotopic (exact) mass is 233 g/mol. The van der Waals surface area contributed by atoms with Crippen LogP contribution in [0.1, 0.15) is 23.0 Å². The molecule has 0 radical (unpaired) electrons. The molecule has 4 heteroatoms. The van der Waals surface area contributed by atoms with Crippen molar-refractivity contribution in [3.05, 3.63) is 53.4 Å². The predicted octanol–water partition coefficient (Wildman–Crippen LogP) is 2.36. The maximum atomic E-state index is 13.2. The molecule has 1 unspecified atom stereocenters. The number of aromatic amines is 1. The molecule has 2 N–H and O–H groups in total. The standard InChI is InChI=1S/C13H16FN3/c1-9-7-10(3-4-11(9)14)12(15-2)8-13-16-5-6-17-13/h3-7,12,15H,8H2,1-2H3,(H,16,17). The molecule has 0 amide bonds. The van der Waals surface area contributed by atoms with Gasteiger partial charge in [-0.1, -0.05) is 12.1 Å². The molecule has 1 atom stereocenters. The summed E-state index contributed by atoms with van der Waals surface area (Å²) < 4.78 is 13.2. The average molecular weight is 233 g/mol. The highest BCUT2D eigenvalue weighted by atomic mass is 19.1. The summed E-state index contributed by atoms with van der Waals surface area (Å²) in [5.41, 5.74) is 1.74. The highest BCUT2D eigenvalue weighted by Gasteiger charge is 2.12. The Labute approximate surface area is 100 Å². The van der Waals surface area contributed by atoms with Crippen LogP contribution >= 0.6 is 0 Å². The summed E-state index contributed by atoms with van der Waals surface area (Å²) in [6.45, 7) is 1.78. The lowest BCUT2D eigenvalue weighted by Gasteiger charge is -2.16. The largest absolute Gasteiger partial charge is 0.349 e. The third kappa shape index (κ3) is 2.71. The van der Waals surface area contributed by atoms with Crippen molar-refractivity contribution in [3.63, 3.8) is 0 Å². The van der Waals surface area contributed by atoms with Crippen molar-refractivity contribution in [3.8, 4) is 0 Å². The van der Waals surface area contributed by atoms with Crippen molar-refractivity contribution in [1.82, 2.24) is 15.3 Å². The number of aryl methyl sites for hydroxylation is 1. The van der Waals surface area contributed by atoms with Gasteiger partial charge in [-0.05, 0) is 31.2 Å². The molecule has 2 aromatic rings. The number of halogens is 1. The topological polar surface area (TPSA) is 40.7 Å². The van der Waals surface area contributed by atoms with Crippen LogP contribution < -0.4 is 5.32 Å². The van der Waals surface area contributed by atoms with Crippen LogP contribution in [0.3, 0.4) is 0 Å². The average Bonchev–Trinajstić information content (AvgIpc) is 2.82. The number of hydrogen-bond acceptors (Lipinski definition) is 2. The number of nitrogens with one attached hydrogen (secondary N) is 2. The number of hydrogen-bond donors (Lipinski definition) is 2. The van der Waals surface area contributed by atoms with Crippen LogP contribution in [0.4, 0.5) is 4.39 Å². The molecule has 1 aromatic carbocycles. The van der Waals surface area contributed by atoms with Gasteiger partial charge in [-0.25, -0.2) is 9.37 Å². The molecule has 0 aliphatic rings.